The van der Waals surface area contributed by atoms with Crippen LogP contribution in [0.5, 0.6) is 0 Å². The molecule has 0 unspecified atom stereocenters. The lowest BCUT2D eigenvalue weighted by molar-refractivity contribution is -0.114. The Hall–Kier alpha value is -4.19. The molecule has 31 heavy (non-hydrogen) atoms. The highest BCUT2D eigenvalue weighted by Gasteiger charge is 2.41. The number of anilines is 2. The fourth-order valence-corrected chi connectivity index (χ4v) is 3.76. The first-order valence-electron chi connectivity index (χ1n) is 8.53. The quantitative estimate of drug-likeness (QED) is 0.437. The van der Waals surface area contributed by atoms with Crippen molar-refractivity contribution in [2.24, 2.45) is 0 Å². The number of hydrogen-bond acceptors (Lipinski definition) is 5. The Morgan fingerprint density at radius 3 is 2.10 bits per heavy atom. The minimum atomic E-state index is -1.66. The van der Waals surface area contributed by atoms with Gasteiger partial charge in [0.2, 0.25) is 0 Å². The molecule has 0 aliphatic carbocycles. The van der Waals surface area contributed by atoms with Gasteiger partial charge in [-0.15, -0.1) is 0 Å². The Kier molecular flexibility index (Phi) is 4.70. The van der Waals surface area contributed by atoms with Gasteiger partial charge in [0.05, 0.1) is 16.9 Å². The first kappa shape index (κ1) is 20.1. The summed E-state index contributed by atoms with van der Waals surface area (Å²) in [7, 11) is 0. The van der Waals surface area contributed by atoms with E-state index in [1.54, 1.807) is 30.3 Å². The zero-order valence-corrected chi connectivity index (χ0v) is 16.8. The number of halogens is 1. The van der Waals surface area contributed by atoms with E-state index < -0.39 is 29.9 Å². The predicted molar refractivity (Wildman–Crippen MR) is 111 cm³/mol. The molecule has 1 aromatic heterocycles. The summed E-state index contributed by atoms with van der Waals surface area (Å²) in [6.45, 7) is 0. The van der Waals surface area contributed by atoms with Gasteiger partial charge in [-0.25, -0.2) is 24.2 Å². The highest BCUT2D eigenvalue weighted by molar-refractivity contribution is 9.10. The maximum atomic E-state index is 13.0. The Balaban J connectivity index is 2.06. The van der Waals surface area contributed by atoms with E-state index in [1.807, 2.05) is 0 Å². The normalized spacial score (nSPS) is 14.7. The lowest BCUT2D eigenvalue weighted by Crippen LogP contribution is -2.48. The van der Waals surface area contributed by atoms with Crippen LogP contribution in [0.3, 0.4) is 0 Å². The third-order valence-electron chi connectivity index (χ3n) is 4.54. The third-order valence-corrected chi connectivity index (χ3v) is 5.13. The van der Waals surface area contributed by atoms with Crippen molar-refractivity contribution in [2.75, 3.05) is 9.80 Å². The van der Waals surface area contributed by atoms with E-state index in [1.165, 1.54) is 12.1 Å². The number of fused-ring (bicyclic) bond motifs is 2. The topological polar surface area (TPSA) is 153 Å². The van der Waals surface area contributed by atoms with Gasteiger partial charge in [0.25, 0.3) is 5.91 Å². The summed E-state index contributed by atoms with van der Waals surface area (Å²) in [6.07, 6.45) is -3.37. The van der Waals surface area contributed by atoms with E-state index in [0.29, 0.717) is 20.0 Å². The number of carbonyl (C=O) groups is 4. The molecule has 2 aromatic carbocycles. The maximum Gasteiger partial charge on any atom is 0.432 e. The number of carboxylic acid groups (broad SMARTS) is 3. The largest absolute Gasteiger partial charge is 0.464 e. The maximum absolute atomic E-state index is 13.0. The van der Waals surface area contributed by atoms with Crippen LogP contribution in [0.15, 0.2) is 52.8 Å². The van der Waals surface area contributed by atoms with Gasteiger partial charge in [0.15, 0.2) is 0 Å². The van der Waals surface area contributed by atoms with Crippen LogP contribution in [0, 0.1) is 0 Å². The van der Waals surface area contributed by atoms with Crippen molar-refractivity contribution in [2.45, 2.75) is 0 Å². The van der Waals surface area contributed by atoms with Gasteiger partial charge in [-0.2, -0.15) is 9.78 Å². The SMILES string of the molecule is O=C(O)N1C(=O)/C(=C\c2ccccc2)N(C(=O)O)c2cc3c(Br)nn(C(=O)O)c3cc21. The zero-order chi connectivity index (χ0) is 22.4. The van der Waals surface area contributed by atoms with Crippen molar-refractivity contribution in [1.82, 2.24) is 9.78 Å². The summed E-state index contributed by atoms with van der Waals surface area (Å²) in [5, 5.41) is 32.9. The standard InChI is InChI=1S/C19H11BrN4O7/c20-15-10-7-12-13(8-11(10)24(21-15)19(30)31)23(18(28)29)16(25)14(22(12)17(26)27)6-9-4-2-1-3-5-9/h1-8H,(H,26,27)(H,28,29)(H,30,31)/b14-6+. The molecule has 1 aliphatic heterocycles. The molecule has 0 atom stereocenters. The molecule has 0 fully saturated rings. The van der Waals surface area contributed by atoms with Crippen molar-refractivity contribution in [1.29, 1.82) is 0 Å². The molecule has 1 aliphatic rings. The Morgan fingerprint density at radius 2 is 1.52 bits per heavy atom. The molecule has 0 radical (unpaired) electrons. The number of aromatic nitrogens is 2. The minimum absolute atomic E-state index is 0.0296. The number of amides is 3. The molecule has 11 nitrogen and oxygen atoms in total. The van der Waals surface area contributed by atoms with Crippen LogP contribution in [-0.4, -0.2) is 49.3 Å². The molecule has 2 heterocycles. The van der Waals surface area contributed by atoms with E-state index in [2.05, 4.69) is 21.0 Å². The van der Waals surface area contributed by atoms with Gasteiger partial charge >= 0.3 is 18.3 Å². The molecule has 156 valence electrons. The Labute approximate surface area is 181 Å². The number of nitrogens with zero attached hydrogens (tertiary/aromatic N) is 4. The predicted octanol–water partition coefficient (Wildman–Crippen LogP) is 3.88. The van der Waals surface area contributed by atoms with E-state index in [0.717, 1.165) is 6.07 Å². The minimum Gasteiger partial charge on any atom is -0.464 e. The van der Waals surface area contributed by atoms with Crippen LogP contribution in [0.1, 0.15) is 5.56 Å². The van der Waals surface area contributed by atoms with Crippen molar-refractivity contribution in [3.05, 3.63) is 58.3 Å². The highest BCUT2D eigenvalue weighted by atomic mass is 79.9. The number of benzene rings is 2. The van der Waals surface area contributed by atoms with Crippen molar-refractivity contribution < 1.29 is 34.5 Å². The van der Waals surface area contributed by atoms with Gasteiger partial charge in [0, 0.05) is 5.39 Å². The van der Waals surface area contributed by atoms with Gasteiger partial charge < -0.3 is 15.3 Å². The van der Waals surface area contributed by atoms with Crippen LogP contribution in [0.4, 0.5) is 25.8 Å². The number of hydrogen-bond donors (Lipinski definition) is 3. The average molecular weight is 487 g/mol. The second kappa shape index (κ2) is 7.25. The molecular formula is C19H11BrN4O7. The summed E-state index contributed by atoms with van der Waals surface area (Å²) < 4.78 is 0.690. The zero-order valence-electron chi connectivity index (χ0n) is 15.3. The molecule has 0 saturated heterocycles. The Bertz CT molecular complexity index is 1320. The van der Waals surface area contributed by atoms with Crippen molar-refractivity contribution in [3.8, 4) is 0 Å². The third kappa shape index (κ3) is 3.18. The summed E-state index contributed by atoms with van der Waals surface area (Å²) in [5.41, 5.74) is -0.415. The molecule has 0 spiro atoms. The lowest BCUT2D eigenvalue weighted by atomic mass is 10.1. The fourth-order valence-electron chi connectivity index (χ4n) is 3.28. The first-order chi connectivity index (χ1) is 14.7. The van der Waals surface area contributed by atoms with Gasteiger partial charge in [-0.1, -0.05) is 30.3 Å². The molecule has 4 rings (SSSR count). The van der Waals surface area contributed by atoms with E-state index in [4.69, 9.17) is 0 Å². The summed E-state index contributed by atoms with van der Waals surface area (Å²) in [5.74, 6) is -1.11. The van der Waals surface area contributed by atoms with Gasteiger partial charge in [-0.3, -0.25) is 4.79 Å². The second-order valence-corrected chi connectivity index (χ2v) is 7.08. The van der Waals surface area contributed by atoms with Crippen LogP contribution in [0.2, 0.25) is 0 Å². The summed E-state index contributed by atoms with van der Waals surface area (Å²) in [6, 6.07) is 10.7. The van der Waals surface area contributed by atoms with Gasteiger partial charge in [0.1, 0.15) is 10.3 Å². The van der Waals surface area contributed by atoms with Crippen molar-refractivity contribution in [3.63, 3.8) is 0 Å². The van der Waals surface area contributed by atoms with E-state index in [-0.39, 0.29) is 26.9 Å². The Morgan fingerprint density at radius 1 is 0.903 bits per heavy atom. The number of imide groups is 1. The van der Waals surface area contributed by atoms with Crippen LogP contribution >= 0.6 is 15.9 Å². The van der Waals surface area contributed by atoms with E-state index in [9.17, 15) is 34.5 Å². The highest BCUT2D eigenvalue weighted by Crippen LogP contribution is 2.42. The smallest absolute Gasteiger partial charge is 0.432 e. The van der Waals surface area contributed by atoms with Crippen LogP contribution < -0.4 is 9.80 Å². The molecule has 3 aromatic rings. The van der Waals surface area contributed by atoms with Crippen LogP contribution in [0.25, 0.3) is 17.0 Å². The molecule has 3 N–H and O–H groups in total. The number of rotatable bonds is 1. The molecule has 3 amide bonds. The van der Waals surface area contributed by atoms with Crippen LogP contribution in [-0.2, 0) is 4.79 Å². The second-order valence-electron chi connectivity index (χ2n) is 6.32. The lowest BCUT2D eigenvalue weighted by Gasteiger charge is -2.34. The van der Waals surface area contributed by atoms with Crippen molar-refractivity contribution >= 4 is 68.5 Å². The number of carbonyl (C=O) groups excluding carboxylic acids is 1. The molecule has 12 heteroatoms. The average Bonchev–Trinajstić information content (AvgIpc) is 3.03. The summed E-state index contributed by atoms with van der Waals surface area (Å²) in [4.78, 5) is 49.6. The molecular weight excluding hydrogens is 476 g/mol. The summed E-state index contributed by atoms with van der Waals surface area (Å²) >= 11 is 3.12. The van der Waals surface area contributed by atoms with E-state index >= 15 is 0 Å². The fraction of sp³-hybridized carbons (Fsp3) is 0. The first-order valence-corrected chi connectivity index (χ1v) is 9.32. The molecule has 0 saturated carbocycles. The van der Waals surface area contributed by atoms with Gasteiger partial charge in [-0.05, 0) is 39.7 Å². The monoisotopic (exact) mass is 486 g/mol. The molecule has 0 bridgehead atoms.